The van der Waals surface area contributed by atoms with E-state index in [0.29, 0.717) is 35.9 Å². The van der Waals surface area contributed by atoms with Crippen molar-refractivity contribution in [2.75, 3.05) is 19.7 Å². The predicted molar refractivity (Wildman–Crippen MR) is 117 cm³/mol. The molecule has 0 spiro atoms. The van der Waals surface area contributed by atoms with E-state index >= 15 is 0 Å². The zero-order chi connectivity index (χ0) is 22.7. The topological polar surface area (TPSA) is 76.8 Å². The molecule has 0 radical (unpaired) electrons. The number of likely N-dealkylation sites (tertiary alicyclic amines) is 1. The van der Waals surface area contributed by atoms with Crippen molar-refractivity contribution in [1.29, 1.82) is 0 Å². The number of hydrogen-bond donors (Lipinski definition) is 0. The largest absolute Gasteiger partial charge is 0.466 e. The van der Waals surface area contributed by atoms with Crippen molar-refractivity contribution in [2.24, 2.45) is 5.41 Å². The first-order valence-electron chi connectivity index (χ1n) is 10.7. The Balaban J connectivity index is 1.68. The van der Waals surface area contributed by atoms with Gasteiger partial charge in [0.1, 0.15) is 17.0 Å². The Kier molecular flexibility index (Phi) is 6.08. The van der Waals surface area contributed by atoms with Gasteiger partial charge in [-0.05, 0) is 49.9 Å². The molecule has 0 bridgehead atoms. The van der Waals surface area contributed by atoms with Gasteiger partial charge in [-0.2, -0.15) is 0 Å². The summed E-state index contributed by atoms with van der Waals surface area (Å²) in [5.41, 5.74) is -1.12. The number of rotatable bonds is 5. The van der Waals surface area contributed by atoms with E-state index in [9.17, 15) is 18.8 Å². The number of halogens is 1. The van der Waals surface area contributed by atoms with Gasteiger partial charge < -0.3 is 14.1 Å². The summed E-state index contributed by atoms with van der Waals surface area (Å²) in [7, 11) is 0. The Hall–Kier alpha value is -3.48. The maximum atomic E-state index is 14.4. The summed E-state index contributed by atoms with van der Waals surface area (Å²) in [6.07, 6.45) is 1.09. The number of amides is 1. The van der Waals surface area contributed by atoms with E-state index in [4.69, 9.17) is 9.15 Å². The summed E-state index contributed by atoms with van der Waals surface area (Å²) in [6.45, 7) is 2.30. The van der Waals surface area contributed by atoms with Gasteiger partial charge in [0, 0.05) is 18.5 Å². The molecule has 1 aliphatic heterocycles. The minimum atomic E-state index is -1.09. The Morgan fingerprint density at radius 1 is 1.16 bits per heavy atom. The molecule has 1 saturated heterocycles. The van der Waals surface area contributed by atoms with Crippen LogP contribution in [0.5, 0.6) is 0 Å². The van der Waals surface area contributed by atoms with Crippen molar-refractivity contribution in [2.45, 2.75) is 26.2 Å². The van der Waals surface area contributed by atoms with Crippen molar-refractivity contribution in [3.05, 3.63) is 82.0 Å². The number of carbonyl (C=O) groups excluding carboxylic acids is 2. The smallest absolute Gasteiger partial charge is 0.349 e. The third-order valence-corrected chi connectivity index (χ3v) is 5.93. The molecule has 0 aliphatic carbocycles. The number of fused-ring (bicyclic) bond motifs is 1. The van der Waals surface area contributed by atoms with Crippen LogP contribution in [0, 0.1) is 11.2 Å². The van der Waals surface area contributed by atoms with Gasteiger partial charge in [-0.1, -0.05) is 36.4 Å². The van der Waals surface area contributed by atoms with E-state index in [1.807, 2.05) is 0 Å². The highest BCUT2D eigenvalue weighted by Crippen LogP contribution is 2.36. The fourth-order valence-electron chi connectivity index (χ4n) is 4.36. The van der Waals surface area contributed by atoms with Gasteiger partial charge in [0.05, 0.1) is 12.0 Å². The van der Waals surface area contributed by atoms with Crippen LogP contribution >= 0.6 is 0 Å². The van der Waals surface area contributed by atoms with Crippen LogP contribution in [0.1, 0.15) is 35.7 Å². The first-order chi connectivity index (χ1) is 15.4. The van der Waals surface area contributed by atoms with Gasteiger partial charge in [-0.15, -0.1) is 0 Å². The highest BCUT2D eigenvalue weighted by Gasteiger charge is 2.45. The maximum Gasteiger partial charge on any atom is 0.349 e. The Morgan fingerprint density at radius 3 is 2.69 bits per heavy atom. The van der Waals surface area contributed by atoms with Crippen LogP contribution in [0.25, 0.3) is 11.0 Å². The molecule has 2 heterocycles. The molecule has 0 saturated carbocycles. The van der Waals surface area contributed by atoms with Crippen LogP contribution in [0.15, 0.2) is 63.8 Å². The van der Waals surface area contributed by atoms with Gasteiger partial charge in [0.2, 0.25) is 0 Å². The molecule has 1 aliphatic rings. The molecule has 7 heteroatoms. The molecule has 32 heavy (non-hydrogen) atoms. The molecule has 1 atom stereocenters. The minimum Gasteiger partial charge on any atom is -0.466 e. The molecule has 1 aromatic heterocycles. The van der Waals surface area contributed by atoms with Gasteiger partial charge in [0.15, 0.2) is 0 Å². The predicted octanol–water partition coefficient (Wildman–Crippen LogP) is 3.96. The van der Waals surface area contributed by atoms with Crippen LogP contribution in [-0.2, 0) is 16.0 Å². The summed E-state index contributed by atoms with van der Waals surface area (Å²) in [5, 5.41) is 0.635. The van der Waals surface area contributed by atoms with Gasteiger partial charge in [-0.3, -0.25) is 9.59 Å². The van der Waals surface area contributed by atoms with Crippen LogP contribution in [0.3, 0.4) is 0 Å². The van der Waals surface area contributed by atoms with Crippen LogP contribution in [0.4, 0.5) is 4.39 Å². The summed E-state index contributed by atoms with van der Waals surface area (Å²) in [5.74, 6) is -1.38. The number of ether oxygens (including phenoxy) is 1. The maximum absolute atomic E-state index is 14.4. The zero-order valence-electron chi connectivity index (χ0n) is 17.8. The lowest BCUT2D eigenvalue weighted by molar-refractivity contribution is -0.158. The molecule has 1 amide bonds. The summed E-state index contributed by atoms with van der Waals surface area (Å²) >= 11 is 0. The molecule has 1 fully saturated rings. The number of carbonyl (C=O) groups is 2. The molecule has 4 rings (SSSR count). The molecule has 0 unspecified atom stereocenters. The quantitative estimate of drug-likeness (QED) is 0.446. The van der Waals surface area contributed by atoms with Gasteiger partial charge in [-0.25, -0.2) is 9.18 Å². The SMILES string of the molecule is CCOC(=O)[C@]1(Cc2ccccc2F)CCCN(C(=O)c2cc3ccccc3oc2=O)C1. The van der Waals surface area contributed by atoms with E-state index < -0.39 is 28.7 Å². The number of hydrogen-bond acceptors (Lipinski definition) is 5. The third-order valence-electron chi connectivity index (χ3n) is 5.93. The second kappa shape index (κ2) is 8.94. The van der Waals surface area contributed by atoms with E-state index in [2.05, 4.69) is 0 Å². The number of piperidine rings is 1. The molecule has 2 aromatic carbocycles. The monoisotopic (exact) mass is 437 g/mol. The first-order valence-corrected chi connectivity index (χ1v) is 10.7. The van der Waals surface area contributed by atoms with E-state index in [1.54, 1.807) is 49.4 Å². The first kappa shape index (κ1) is 21.7. The van der Waals surface area contributed by atoms with Crippen LogP contribution < -0.4 is 5.63 Å². The van der Waals surface area contributed by atoms with Crippen molar-refractivity contribution < 1.29 is 23.1 Å². The Labute approximate surface area is 184 Å². The van der Waals surface area contributed by atoms with Crippen molar-refractivity contribution in [1.82, 2.24) is 4.90 Å². The standard InChI is InChI=1S/C25H24FNO5/c1-2-31-24(30)25(15-18-9-3-5-10-20(18)26)12-7-13-27(16-25)22(28)19-14-17-8-4-6-11-21(17)32-23(19)29/h3-6,8-11,14H,2,7,12-13,15-16H2,1H3/t25-/m0/s1. The average molecular weight is 437 g/mol. The van der Waals surface area contributed by atoms with Gasteiger partial charge in [0.25, 0.3) is 5.91 Å². The molecular formula is C25H24FNO5. The number of benzene rings is 2. The lowest BCUT2D eigenvalue weighted by Crippen LogP contribution is -2.52. The fraction of sp³-hybridized carbons (Fsp3) is 0.320. The lowest BCUT2D eigenvalue weighted by Gasteiger charge is -2.41. The molecule has 0 N–H and O–H groups in total. The fourth-order valence-corrected chi connectivity index (χ4v) is 4.36. The zero-order valence-corrected chi connectivity index (χ0v) is 17.8. The summed E-state index contributed by atoms with van der Waals surface area (Å²) in [6, 6.07) is 14.7. The van der Waals surface area contributed by atoms with Gasteiger partial charge >= 0.3 is 11.6 Å². The van der Waals surface area contributed by atoms with Crippen LogP contribution in [-0.4, -0.2) is 36.5 Å². The van der Waals surface area contributed by atoms with Crippen molar-refractivity contribution in [3.8, 4) is 0 Å². The Bertz CT molecular complexity index is 1220. The normalized spacial score (nSPS) is 18.5. The summed E-state index contributed by atoms with van der Waals surface area (Å²) in [4.78, 5) is 40.3. The average Bonchev–Trinajstić information content (AvgIpc) is 2.80. The number of para-hydroxylation sites is 1. The highest BCUT2D eigenvalue weighted by molar-refractivity contribution is 5.97. The Morgan fingerprint density at radius 2 is 1.91 bits per heavy atom. The van der Waals surface area contributed by atoms with E-state index in [1.165, 1.54) is 17.0 Å². The van der Waals surface area contributed by atoms with E-state index in [0.717, 1.165) is 0 Å². The van der Waals surface area contributed by atoms with Crippen LogP contribution in [0.2, 0.25) is 0 Å². The second-order valence-electron chi connectivity index (χ2n) is 8.08. The number of nitrogens with zero attached hydrogens (tertiary/aromatic N) is 1. The second-order valence-corrected chi connectivity index (χ2v) is 8.08. The van der Waals surface area contributed by atoms with Crippen molar-refractivity contribution >= 4 is 22.8 Å². The molecular weight excluding hydrogens is 413 g/mol. The van der Waals surface area contributed by atoms with Crippen molar-refractivity contribution in [3.63, 3.8) is 0 Å². The molecule has 166 valence electrons. The highest BCUT2D eigenvalue weighted by atomic mass is 19.1. The number of esters is 1. The van der Waals surface area contributed by atoms with E-state index in [-0.39, 0.29) is 25.1 Å². The summed E-state index contributed by atoms with van der Waals surface area (Å²) < 4.78 is 25.0. The molecule has 6 nitrogen and oxygen atoms in total. The lowest BCUT2D eigenvalue weighted by atomic mass is 9.74. The molecule has 3 aromatic rings. The minimum absolute atomic E-state index is 0.0330. The third kappa shape index (κ3) is 4.15.